The molecule has 0 bridgehead atoms. The van der Waals surface area contributed by atoms with Crippen LogP contribution in [0.4, 0.5) is 5.69 Å². The number of carbonyl (C=O) groups is 1. The molecule has 1 aromatic heterocycles. The van der Waals surface area contributed by atoms with E-state index in [4.69, 9.17) is 9.47 Å². The van der Waals surface area contributed by atoms with Gasteiger partial charge in [-0.2, -0.15) is 0 Å². The number of pyridine rings is 1. The van der Waals surface area contributed by atoms with Crippen LogP contribution >= 0.6 is 0 Å². The molecule has 1 amide bonds. The third-order valence-corrected chi connectivity index (χ3v) is 5.01. The van der Waals surface area contributed by atoms with Gasteiger partial charge in [0.15, 0.2) is 11.5 Å². The van der Waals surface area contributed by atoms with E-state index in [0.717, 1.165) is 10.9 Å². The normalized spacial score (nSPS) is 12.5. The number of amides is 1. The quantitative estimate of drug-likeness (QED) is 0.542. The molecular formula is C24H18N2O4. The van der Waals surface area contributed by atoms with Crippen LogP contribution in [0.2, 0.25) is 0 Å². The Hall–Kier alpha value is -4.06. The van der Waals surface area contributed by atoms with Gasteiger partial charge >= 0.3 is 0 Å². The van der Waals surface area contributed by atoms with Gasteiger partial charge in [-0.25, -0.2) is 0 Å². The Morgan fingerprint density at radius 1 is 0.867 bits per heavy atom. The molecule has 0 aliphatic carbocycles. The molecule has 1 aliphatic heterocycles. The zero-order valence-electron chi connectivity index (χ0n) is 16.0. The van der Waals surface area contributed by atoms with Crippen LogP contribution in [0.3, 0.4) is 0 Å². The molecule has 0 radical (unpaired) electrons. The zero-order chi connectivity index (χ0) is 20.5. The highest BCUT2D eigenvalue weighted by molar-refractivity contribution is 6.13. The lowest BCUT2D eigenvalue weighted by molar-refractivity contribution is 0.102. The largest absolute Gasteiger partial charge is 0.486 e. The Bertz CT molecular complexity index is 1310. The number of rotatable bonds is 3. The van der Waals surface area contributed by atoms with Crippen molar-refractivity contribution in [3.8, 4) is 22.6 Å². The highest BCUT2D eigenvalue weighted by Gasteiger charge is 2.21. The number of hydrogen-bond acceptors (Lipinski definition) is 4. The predicted molar refractivity (Wildman–Crippen MR) is 115 cm³/mol. The van der Waals surface area contributed by atoms with Gasteiger partial charge in [-0.3, -0.25) is 9.59 Å². The van der Waals surface area contributed by atoms with Crippen LogP contribution in [-0.2, 0) is 0 Å². The lowest BCUT2D eigenvalue weighted by Crippen LogP contribution is -2.25. The molecule has 0 unspecified atom stereocenters. The maximum Gasteiger partial charge on any atom is 0.261 e. The summed E-state index contributed by atoms with van der Waals surface area (Å²) in [4.78, 5) is 29.0. The summed E-state index contributed by atoms with van der Waals surface area (Å²) in [6.45, 7) is 0.943. The molecule has 2 heterocycles. The molecule has 0 spiro atoms. The molecule has 1 aliphatic rings. The Morgan fingerprint density at radius 2 is 1.60 bits per heavy atom. The molecular weight excluding hydrogens is 380 g/mol. The number of carbonyl (C=O) groups excluding carboxylic acids is 1. The standard InChI is InChI=1S/C24H18N2O4/c27-23(25-16-10-11-19-20(14-16)30-13-12-29-19)22-21(15-6-2-1-3-7-15)17-8-4-5-9-18(17)26-24(22)28/h1-11,14H,12-13H2,(H,25,27)(H,26,28). The number of ether oxygens (including phenoxy) is 2. The van der Waals surface area contributed by atoms with Gasteiger partial charge in [0.25, 0.3) is 11.5 Å². The summed E-state index contributed by atoms with van der Waals surface area (Å²) in [7, 11) is 0. The second kappa shape index (κ2) is 7.40. The number of para-hydroxylation sites is 1. The van der Waals surface area contributed by atoms with Crippen LogP contribution in [0.5, 0.6) is 11.5 Å². The molecule has 0 atom stereocenters. The summed E-state index contributed by atoms with van der Waals surface area (Å²) in [5.41, 5.74) is 2.22. The first-order valence-electron chi connectivity index (χ1n) is 9.62. The van der Waals surface area contributed by atoms with Crippen molar-refractivity contribution in [3.63, 3.8) is 0 Å². The van der Waals surface area contributed by atoms with Crippen molar-refractivity contribution in [1.82, 2.24) is 4.98 Å². The Labute approximate surface area is 172 Å². The maximum absolute atomic E-state index is 13.2. The summed E-state index contributed by atoms with van der Waals surface area (Å²) in [6, 6.07) is 22.1. The minimum Gasteiger partial charge on any atom is -0.486 e. The van der Waals surface area contributed by atoms with Crippen LogP contribution in [0.25, 0.3) is 22.0 Å². The molecule has 6 heteroatoms. The van der Waals surface area contributed by atoms with E-state index in [1.807, 2.05) is 54.6 Å². The lowest BCUT2D eigenvalue weighted by Gasteiger charge is -2.19. The fourth-order valence-electron chi connectivity index (χ4n) is 3.68. The van der Waals surface area contributed by atoms with Crippen molar-refractivity contribution in [3.05, 3.63) is 88.7 Å². The van der Waals surface area contributed by atoms with E-state index >= 15 is 0 Å². The molecule has 4 aromatic rings. The average Bonchev–Trinajstić information content (AvgIpc) is 2.78. The first-order chi connectivity index (χ1) is 14.7. The monoisotopic (exact) mass is 398 g/mol. The van der Waals surface area contributed by atoms with Gasteiger partial charge in [0.05, 0.1) is 0 Å². The topological polar surface area (TPSA) is 80.4 Å². The van der Waals surface area contributed by atoms with Crippen molar-refractivity contribution in [1.29, 1.82) is 0 Å². The molecule has 0 saturated heterocycles. The average molecular weight is 398 g/mol. The van der Waals surface area contributed by atoms with Crippen LogP contribution in [-0.4, -0.2) is 24.1 Å². The number of aromatic nitrogens is 1. The van der Waals surface area contributed by atoms with Gasteiger partial charge < -0.3 is 19.8 Å². The molecule has 5 rings (SSSR count). The fourth-order valence-corrected chi connectivity index (χ4v) is 3.68. The van der Waals surface area contributed by atoms with E-state index in [-0.39, 0.29) is 5.56 Å². The second-order valence-corrected chi connectivity index (χ2v) is 6.93. The number of anilines is 1. The van der Waals surface area contributed by atoms with Gasteiger partial charge in [-0.15, -0.1) is 0 Å². The summed E-state index contributed by atoms with van der Waals surface area (Å²) in [6.07, 6.45) is 0. The highest BCUT2D eigenvalue weighted by Crippen LogP contribution is 2.33. The van der Waals surface area contributed by atoms with Crippen LogP contribution in [0.15, 0.2) is 77.6 Å². The SMILES string of the molecule is O=C(Nc1ccc2c(c1)OCCO2)c1c(-c2ccccc2)c2ccccc2[nH]c1=O. The number of benzene rings is 3. The van der Waals surface area contributed by atoms with E-state index in [1.54, 1.807) is 18.2 Å². The highest BCUT2D eigenvalue weighted by atomic mass is 16.6. The number of H-pyrrole nitrogens is 1. The smallest absolute Gasteiger partial charge is 0.261 e. The molecule has 2 N–H and O–H groups in total. The summed E-state index contributed by atoms with van der Waals surface area (Å²) in [5, 5.41) is 3.63. The van der Waals surface area contributed by atoms with Crippen molar-refractivity contribution >= 4 is 22.5 Å². The van der Waals surface area contributed by atoms with Gasteiger partial charge in [0.2, 0.25) is 0 Å². The molecule has 30 heavy (non-hydrogen) atoms. The summed E-state index contributed by atoms with van der Waals surface area (Å²) >= 11 is 0. The lowest BCUT2D eigenvalue weighted by atomic mass is 9.95. The third kappa shape index (κ3) is 3.18. The van der Waals surface area contributed by atoms with Crippen LogP contribution < -0.4 is 20.3 Å². The molecule has 0 saturated carbocycles. The second-order valence-electron chi connectivity index (χ2n) is 6.93. The molecule has 0 fully saturated rings. The minimum absolute atomic E-state index is 0.0646. The van der Waals surface area contributed by atoms with Crippen molar-refractivity contribution in [2.75, 3.05) is 18.5 Å². The maximum atomic E-state index is 13.2. The van der Waals surface area contributed by atoms with E-state index in [2.05, 4.69) is 10.3 Å². The first-order valence-corrected chi connectivity index (χ1v) is 9.62. The summed E-state index contributed by atoms with van der Waals surface area (Å²) < 4.78 is 11.1. The van der Waals surface area contributed by atoms with Crippen molar-refractivity contribution < 1.29 is 14.3 Å². The minimum atomic E-state index is -0.488. The van der Waals surface area contributed by atoms with E-state index in [9.17, 15) is 9.59 Å². The molecule has 6 nitrogen and oxygen atoms in total. The molecule has 148 valence electrons. The van der Waals surface area contributed by atoms with Gasteiger partial charge in [0.1, 0.15) is 18.8 Å². The van der Waals surface area contributed by atoms with E-state index in [1.165, 1.54) is 0 Å². The van der Waals surface area contributed by atoms with E-state index in [0.29, 0.717) is 41.5 Å². The fraction of sp³-hybridized carbons (Fsp3) is 0.0833. The number of hydrogen-bond donors (Lipinski definition) is 2. The number of nitrogens with one attached hydrogen (secondary N) is 2. The van der Waals surface area contributed by atoms with Gasteiger partial charge in [0, 0.05) is 28.2 Å². The van der Waals surface area contributed by atoms with Gasteiger partial charge in [-0.1, -0.05) is 48.5 Å². The third-order valence-electron chi connectivity index (χ3n) is 5.01. The van der Waals surface area contributed by atoms with Crippen molar-refractivity contribution in [2.24, 2.45) is 0 Å². The van der Waals surface area contributed by atoms with Crippen LogP contribution in [0, 0.1) is 0 Å². The number of fused-ring (bicyclic) bond motifs is 2. The Morgan fingerprint density at radius 3 is 2.43 bits per heavy atom. The van der Waals surface area contributed by atoms with E-state index < -0.39 is 11.5 Å². The predicted octanol–water partition coefficient (Wildman–Crippen LogP) is 4.22. The van der Waals surface area contributed by atoms with Crippen LogP contribution in [0.1, 0.15) is 10.4 Å². The molecule has 3 aromatic carbocycles. The first kappa shape index (κ1) is 18.0. The zero-order valence-corrected chi connectivity index (χ0v) is 16.0. The Kier molecular flexibility index (Phi) is 4.44. The number of aromatic amines is 1. The Balaban J connectivity index is 1.62. The van der Waals surface area contributed by atoms with Crippen molar-refractivity contribution in [2.45, 2.75) is 0 Å². The van der Waals surface area contributed by atoms with Gasteiger partial charge in [-0.05, 0) is 23.8 Å². The summed E-state index contributed by atoms with van der Waals surface area (Å²) in [5.74, 6) is 0.708.